The van der Waals surface area contributed by atoms with Crippen LogP contribution in [0.3, 0.4) is 0 Å². The molecule has 0 aliphatic carbocycles. The summed E-state index contributed by atoms with van der Waals surface area (Å²) >= 11 is 5.00. The fourth-order valence-corrected chi connectivity index (χ4v) is 1.90. The summed E-state index contributed by atoms with van der Waals surface area (Å²) in [7, 11) is 0. The van der Waals surface area contributed by atoms with Crippen LogP contribution in [-0.4, -0.2) is 33.4 Å². The largest absolute Gasteiger partial charge is 0.480 e. The normalized spacial score (nSPS) is 12.5. The first-order valence-electron chi connectivity index (χ1n) is 7.06. The van der Waals surface area contributed by atoms with E-state index in [1.165, 1.54) is 0 Å². The van der Waals surface area contributed by atoms with Gasteiger partial charge in [-0.05, 0) is 45.7 Å². The molecule has 1 heterocycles. The van der Waals surface area contributed by atoms with Crippen LogP contribution < -0.4 is 5.32 Å². The molecule has 0 aromatic carbocycles. The van der Waals surface area contributed by atoms with Crippen molar-refractivity contribution < 1.29 is 19.4 Å². The molecule has 122 valence electrons. The van der Waals surface area contributed by atoms with Gasteiger partial charge in [-0.1, -0.05) is 12.2 Å². The quantitative estimate of drug-likeness (QED) is 0.786. The Morgan fingerprint density at radius 1 is 1.36 bits per heavy atom. The zero-order valence-corrected chi connectivity index (χ0v) is 13.9. The monoisotopic (exact) mass is 326 g/mol. The Labute approximate surface area is 135 Å². The number of carbonyl (C=O) groups excluding carboxylic acids is 1. The zero-order chi connectivity index (χ0) is 16.8. The Morgan fingerprint density at radius 3 is 2.45 bits per heavy atom. The van der Waals surface area contributed by atoms with Gasteiger partial charge in [0, 0.05) is 23.4 Å². The van der Waals surface area contributed by atoms with Gasteiger partial charge in [-0.15, -0.1) is 0 Å². The molecule has 0 aliphatic heterocycles. The fraction of sp³-hybridized carbons (Fsp3) is 0.533. The number of ether oxygens (including phenoxy) is 1. The molecule has 6 nitrogen and oxygen atoms in total. The Balaban J connectivity index is 2.47. The summed E-state index contributed by atoms with van der Waals surface area (Å²) in [6.07, 6.45) is 3.90. The molecule has 0 radical (unpaired) electrons. The van der Waals surface area contributed by atoms with Crippen LogP contribution in [0.25, 0.3) is 0 Å². The number of carboxylic acids is 1. The van der Waals surface area contributed by atoms with Gasteiger partial charge in [0.15, 0.2) is 0 Å². The number of carbonyl (C=O) groups is 2. The molecular formula is C15H22N2O4S. The number of nitrogens with one attached hydrogen (secondary N) is 1. The number of alkyl carbamates (subject to hydrolysis) is 1. The number of carboxylic acid groups (broad SMARTS) is 1. The number of aromatic nitrogens is 1. The summed E-state index contributed by atoms with van der Waals surface area (Å²) in [6.45, 7) is 5.82. The molecule has 1 aromatic rings. The summed E-state index contributed by atoms with van der Waals surface area (Å²) in [6, 6.07) is 2.65. The molecule has 1 rings (SSSR count). The smallest absolute Gasteiger partial charge is 0.408 e. The van der Waals surface area contributed by atoms with Crippen molar-refractivity contribution in [2.45, 2.75) is 51.8 Å². The molecule has 0 fully saturated rings. The molecule has 1 atom stereocenters. The third-order valence-corrected chi connectivity index (χ3v) is 3.03. The molecule has 0 unspecified atom stereocenters. The minimum Gasteiger partial charge on any atom is -0.480 e. The summed E-state index contributed by atoms with van der Waals surface area (Å²) in [5, 5.41) is 11.5. The summed E-state index contributed by atoms with van der Waals surface area (Å²) in [5.41, 5.74) is -0.658. The lowest BCUT2D eigenvalue weighted by Gasteiger charge is -2.22. The number of pyridine rings is 1. The molecule has 22 heavy (non-hydrogen) atoms. The van der Waals surface area contributed by atoms with Crippen molar-refractivity contribution in [3.63, 3.8) is 0 Å². The van der Waals surface area contributed by atoms with Gasteiger partial charge in [0.2, 0.25) is 0 Å². The molecule has 0 aliphatic rings. The van der Waals surface area contributed by atoms with Crippen LogP contribution in [0.4, 0.5) is 4.79 Å². The minimum atomic E-state index is -1.07. The number of aryl methyl sites for hydroxylation is 1. The first-order valence-corrected chi connectivity index (χ1v) is 7.46. The van der Waals surface area contributed by atoms with E-state index >= 15 is 0 Å². The number of amides is 1. The Morgan fingerprint density at radius 2 is 1.95 bits per heavy atom. The molecule has 1 aromatic heterocycles. The lowest BCUT2D eigenvalue weighted by molar-refractivity contribution is -0.139. The summed E-state index contributed by atoms with van der Waals surface area (Å²) < 4.78 is 7.74. The Hall–Kier alpha value is -1.89. The SMILES string of the molecule is CC(C)(C)OC(=O)N[C@@H](CCCn1ccc(=S)cc1)C(=O)O. The topological polar surface area (TPSA) is 80.6 Å². The molecule has 2 N–H and O–H groups in total. The van der Waals surface area contributed by atoms with E-state index < -0.39 is 23.7 Å². The van der Waals surface area contributed by atoms with E-state index in [2.05, 4.69) is 5.32 Å². The highest BCUT2D eigenvalue weighted by Crippen LogP contribution is 2.08. The van der Waals surface area contributed by atoms with Gasteiger partial charge in [-0.2, -0.15) is 0 Å². The van der Waals surface area contributed by atoms with Crippen molar-refractivity contribution in [2.75, 3.05) is 0 Å². The van der Waals surface area contributed by atoms with Crippen molar-refractivity contribution in [1.82, 2.24) is 9.88 Å². The van der Waals surface area contributed by atoms with Crippen molar-refractivity contribution in [1.29, 1.82) is 0 Å². The van der Waals surface area contributed by atoms with Crippen LogP contribution in [0.2, 0.25) is 0 Å². The van der Waals surface area contributed by atoms with Crippen molar-refractivity contribution in [3.05, 3.63) is 29.0 Å². The second-order valence-electron chi connectivity index (χ2n) is 5.95. The lowest BCUT2D eigenvalue weighted by Crippen LogP contribution is -2.43. The lowest BCUT2D eigenvalue weighted by atomic mass is 10.1. The van der Waals surface area contributed by atoms with Crippen LogP contribution in [0.5, 0.6) is 0 Å². The predicted molar refractivity (Wildman–Crippen MR) is 85.3 cm³/mol. The van der Waals surface area contributed by atoms with Crippen LogP contribution in [-0.2, 0) is 16.1 Å². The predicted octanol–water partition coefficient (Wildman–Crippen LogP) is 2.98. The third kappa shape index (κ3) is 7.21. The van der Waals surface area contributed by atoms with Crippen LogP contribution in [0, 0.1) is 4.51 Å². The highest BCUT2D eigenvalue weighted by molar-refractivity contribution is 7.71. The zero-order valence-electron chi connectivity index (χ0n) is 13.0. The molecule has 0 saturated carbocycles. The van der Waals surface area contributed by atoms with Gasteiger partial charge in [-0.25, -0.2) is 9.59 Å². The Kier molecular flexibility index (Phi) is 6.55. The van der Waals surface area contributed by atoms with Crippen molar-refractivity contribution in [3.8, 4) is 0 Å². The third-order valence-electron chi connectivity index (χ3n) is 2.76. The molecule has 0 bridgehead atoms. The molecular weight excluding hydrogens is 304 g/mol. The van der Waals surface area contributed by atoms with E-state index in [4.69, 9.17) is 22.1 Å². The maximum absolute atomic E-state index is 11.6. The first kappa shape index (κ1) is 18.2. The maximum atomic E-state index is 11.6. The molecule has 7 heteroatoms. The number of rotatable bonds is 6. The van der Waals surface area contributed by atoms with Crippen molar-refractivity contribution >= 4 is 24.3 Å². The maximum Gasteiger partial charge on any atom is 0.408 e. The van der Waals surface area contributed by atoms with Gasteiger partial charge in [-0.3, -0.25) is 0 Å². The van der Waals surface area contributed by atoms with E-state index in [1.54, 1.807) is 20.8 Å². The number of aliphatic carboxylic acids is 1. The Bertz CT molecular complexity index is 557. The van der Waals surface area contributed by atoms with Crippen LogP contribution >= 0.6 is 12.2 Å². The first-order chi connectivity index (χ1) is 10.2. The highest BCUT2D eigenvalue weighted by atomic mass is 32.1. The fourth-order valence-electron chi connectivity index (χ4n) is 1.78. The van der Waals surface area contributed by atoms with E-state index in [1.807, 2.05) is 29.1 Å². The molecule has 0 spiro atoms. The van der Waals surface area contributed by atoms with E-state index in [-0.39, 0.29) is 0 Å². The van der Waals surface area contributed by atoms with E-state index in [9.17, 15) is 9.59 Å². The standard InChI is InChI=1S/C15H22N2O4S/c1-15(2,3)21-14(20)16-12(13(18)19)5-4-8-17-9-6-11(22)7-10-17/h6-7,9-10,12H,4-5,8H2,1-3H3,(H,16,20)(H,18,19)/t12-/m0/s1. The highest BCUT2D eigenvalue weighted by Gasteiger charge is 2.23. The summed E-state index contributed by atoms with van der Waals surface area (Å²) in [5.74, 6) is -1.07. The average Bonchev–Trinajstić information content (AvgIpc) is 2.37. The second-order valence-corrected chi connectivity index (χ2v) is 6.42. The van der Waals surface area contributed by atoms with Gasteiger partial charge in [0.25, 0.3) is 0 Å². The number of hydrogen-bond acceptors (Lipinski definition) is 4. The van der Waals surface area contributed by atoms with Crippen LogP contribution in [0.1, 0.15) is 33.6 Å². The van der Waals surface area contributed by atoms with Gasteiger partial charge < -0.3 is 19.7 Å². The van der Waals surface area contributed by atoms with Crippen LogP contribution in [0.15, 0.2) is 24.5 Å². The van der Waals surface area contributed by atoms with Gasteiger partial charge in [0.05, 0.1) is 0 Å². The molecule has 1 amide bonds. The van der Waals surface area contributed by atoms with Crippen molar-refractivity contribution in [2.24, 2.45) is 0 Å². The van der Waals surface area contributed by atoms with E-state index in [0.29, 0.717) is 19.4 Å². The van der Waals surface area contributed by atoms with Gasteiger partial charge >= 0.3 is 12.1 Å². The summed E-state index contributed by atoms with van der Waals surface area (Å²) in [4.78, 5) is 22.8. The van der Waals surface area contributed by atoms with Gasteiger partial charge in [0.1, 0.15) is 11.6 Å². The number of hydrogen-bond donors (Lipinski definition) is 2. The minimum absolute atomic E-state index is 0.317. The average molecular weight is 326 g/mol. The second kappa shape index (κ2) is 7.93. The number of nitrogens with zero attached hydrogens (tertiary/aromatic N) is 1. The molecule has 0 saturated heterocycles. The van der Waals surface area contributed by atoms with E-state index in [0.717, 1.165) is 4.51 Å².